The number of rotatable bonds is 1. The second kappa shape index (κ2) is 5.14. The Kier molecular flexibility index (Phi) is 3.58. The van der Waals surface area contributed by atoms with Gasteiger partial charge >= 0.3 is 6.09 Å². The first-order valence-corrected chi connectivity index (χ1v) is 5.73. The highest BCUT2D eigenvalue weighted by Crippen LogP contribution is 2.17. The minimum atomic E-state index is -0.368. The van der Waals surface area contributed by atoms with Crippen LogP contribution in [0, 0.1) is 6.92 Å². The third-order valence-electron chi connectivity index (χ3n) is 2.88. The Balaban J connectivity index is 1.95. The van der Waals surface area contributed by atoms with Crippen LogP contribution in [0.3, 0.4) is 0 Å². The van der Waals surface area contributed by atoms with Crippen molar-refractivity contribution in [1.29, 1.82) is 0 Å². The van der Waals surface area contributed by atoms with E-state index in [0.29, 0.717) is 37.4 Å². The molecule has 0 radical (unpaired) electrons. The van der Waals surface area contributed by atoms with E-state index in [1.165, 1.54) is 0 Å². The van der Waals surface area contributed by atoms with E-state index in [1.54, 1.807) is 30.2 Å². The number of ether oxygens (including phenoxy) is 1. The third kappa shape index (κ3) is 2.94. The quantitative estimate of drug-likeness (QED) is 0.799. The maximum absolute atomic E-state index is 11.8. The van der Waals surface area contributed by atoms with Crippen molar-refractivity contribution < 1.29 is 14.6 Å². The molecule has 1 N–H and O–H groups in total. The van der Waals surface area contributed by atoms with Crippen LogP contribution < -0.4 is 4.74 Å². The molecule has 17 heavy (non-hydrogen) atoms. The molecule has 5 heteroatoms. The van der Waals surface area contributed by atoms with Crippen LogP contribution in [-0.4, -0.2) is 40.3 Å². The van der Waals surface area contributed by atoms with E-state index in [2.05, 4.69) is 4.98 Å². The van der Waals surface area contributed by atoms with E-state index < -0.39 is 0 Å². The zero-order valence-corrected chi connectivity index (χ0v) is 9.80. The van der Waals surface area contributed by atoms with E-state index in [4.69, 9.17) is 4.74 Å². The van der Waals surface area contributed by atoms with Crippen molar-refractivity contribution in [3.8, 4) is 5.75 Å². The van der Waals surface area contributed by atoms with Crippen molar-refractivity contribution in [2.75, 3.05) is 13.1 Å². The molecule has 1 aromatic rings. The largest absolute Gasteiger partial charge is 0.415 e. The topological polar surface area (TPSA) is 62.7 Å². The number of aromatic nitrogens is 1. The zero-order chi connectivity index (χ0) is 12.3. The summed E-state index contributed by atoms with van der Waals surface area (Å²) in [5.41, 5.74) is 0.692. The summed E-state index contributed by atoms with van der Waals surface area (Å²) in [6.45, 7) is 2.88. The average molecular weight is 236 g/mol. The molecule has 1 saturated heterocycles. The van der Waals surface area contributed by atoms with Crippen LogP contribution in [-0.2, 0) is 0 Å². The standard InChI is InChI=1S/C12H16N2O3/c1-9-11(3-2-6-13-9)17-12(16)14-7-4-10(15)5-8-14/h2-3,6,10,15H,4-5,7-8H2,1H3. The highest BCUT2D eigenvalue weighted by Gasteiger charge is 2.23. The number of aliphatic hydroxyl groups excluding tert-OH is 1. The van der Waals surface area contributed by atoms with E-state index in [1.807, 2.05) is 0 Å². The molecule has 1 aliphatic rings. The molecule has 2 heterocycles. The van der Waals surface area contributed by atoms with Crippen molar-refractivity contribution in [1.82, 2.24) is 9.88 Å². The third-order valence-corrected chi connectivity index (χ3v) is 2.88. The van der Waals surface area contributed by atoms with Gasteiger partial charge in [-0.2, -0.15) is 0 Å². The smallest absolute Gasteiger partial charge is 0.408 e. The minimum absolute atomic E-state index is 0.292. The molecule has 0 spiro atoms. The molecule has 0 unspecified atom stereocenters. The van der Waals surface area contributed by atoms with Crippen molar-refractivity contribution >= 4 is 6.09 Å². The lowest BCUT2D eigenvalue weighted by Crippen LogP contribution is -2.41. The van der Waals surface area contributed by atoms with Gasteiger partial charge in [0, 0.05) is 19.3 Å². The highest BCUT2D eigenvalue weighted by molar-refractivity contribution is 5.71. The molecular formula is C12H16N2O3. The van der Waals surface area contributed by atoms with Crippen LogP contribution in [0.25, 0.3) is 0 Å². The maximum atomic E-state index is 11.8. The highest BCUT2D eigenvalue weighted by atomic mass is 16.6. The van der Waals surface area contributed by atoms with Crippen molar-refractivity contribution in [3.05, 3.63) is 24.0 Å². The van der Waals surface area contributed by atoms with E-state index in [0.717, 1.165) is 0 Å². The van der Waals surface area contributed by atoms with Gasteiger partial charge < -0.3 is 14.7 Å². The fourth-order valence-electron chi connectivity index (χ4n) is 1.78. The van der Waals surface area contributed by atoms with Gasteiger partial charge in [-0.1, -0.05) is 0 Å². The number of carbonyl (C=O) groups excluding carboxylic acids is 1. The second-order valence-corrected chi connectivity index (χ2v) is 4.17. The maximum Gasteiger partial charge on any atom is 0.415 e. The first kappa shape index (κ1) is 11.9. The van der Waals surface area contributed by atoms with Gasteiger partial charge in [0.15, 0.2) is 5.75 Å². The fraction of sp³-hybridized carbons (Fsp3) is 0.500. The molecule has 5 nitrogen and oxygen atoms in total. The molecule has 0 aliphatic carbocycles. The summed E-state index contributed by atoms with van der Waals surface area (Å²) in [6.07, 6.45) is 2.22. The Morgan fingerprint density at radius 3 is 2.88 bits per heavy atom. The van der Waals surface area contributed by atoms with Gasteiger partial charge in [0.25, 0.3) is 0 Å². The van der Waals surface area contributed by atoms with Crippen LogP contribution in [0.5, 0.6) is 5.75 Å². The van der Waals surface area contributed by atoms with Crippen LogP contribution in [0.15, 0.2) is 18.3 Å². The van der Waals surface area contributed by atoms with Gasteiger partial charge in [-0.05, 0) is 31.9 Å². The molecule has 0 saturated carbocycles. The predicted molar refractivity (Wildman–Crippen MR) is 61.8 cm³/mol. The Hall–Kier alpha value is -1.62. The number of hydrogen-bond acceptors (Lipinski definition) is 4. The molecule has 1 aromatic heterocycles. The van der Waals surface area contributed by atoms with E-state index in [-0.39, 0.29) is 12.2 Å². The molecule has 0 aromatic carbocycles. The number of hydrogen-bond donors (Lipinski definition) is 1. The lowest BCUT2D eigenvalue weighted by Gasteiger charge is -2.28. The molecule has 0 atom stereocenters. The molecule has 1 fully saturated rings. The van der Waals surface area contributed by atoms with Gasteiger partial charge in [0.1, 0.15) is 0 Å². The second-order valence-electron chi connectivity index (χ2n) is 4.17. The molecule has 1 aliphatic heterocycles. The van der Waals surface area contributed by atoms with Gasteiger partial charge in [0.2, 0.25) is 0 Å². The van der Waals surface area contributed by atoms with Crippen molar-refractivity contribution in [2.45, 2.75) is 25.9 Å². The monoisotopic (exact) mass is 236 g/mol. The lowest BCUT2D eigenvalue weighted by molar-refractivity contribution is 0.0796. The summed E-state index contributed by atoms with van der Waals surface area (Å²) in [6, 6.07) is 3.45. The summed E-state index contributed by atoms with van der Waals surface area (Å²) in [4.78, 5) is 17.5. The fourth-order valence-corrected chi connectivity index (χ4v) is 1.78. The lowest BCUT2D eigenvalue weighted by atomic mass is 10.1. The van der Waals surface area contributed by atoms with E-state index in [9.17, 15) is 9.90 Å². The first-order valence-electron chi connectivity index (χ1n) is 5.73. The van der Waals surface area contributed by atoms with Crippen molar-refractivity contribution in [2.24, 2.45) is 0 Å². The van der Waals surface area contributed by atoms with Crippen LogP contribution >= 0.6 is 0 Å². The number of pyridine rings is 1. The Labute approximate surface area is 100 Å². The Morgan fingerprint density at radius 2 is 2.24 bits per heavy atom. The number of piperidine rings is 1. The van der Waals surface area contributed by atoms with Gasteiger partial charge in [-0.15, -0.1) is 0 Å². The molecule has 2 rings (SSSR count). The van der Waals surface area contributed by atoms with Gasteiger partial charge in [-0.25, -0.2) is 4.79 Å². The molecule has 92 valence electrons. The SMILES string of the molecule is Cc1ncccc1OC(=O)N1CCC(O)CC1. The average Bonchev–Trinajstić information content (AvgIpc) is 2.33. The van der Waals surface area contributed by atoms with Crippen LogP contribution in [0.4, 0.5) is 4.79 Å². The molecule has 1 amide bonds. The van der Waals surface area contributed by atoms with Crippen LogP contribution in [0.2, 0.25) is 0 Å². The van der Waals surface area contributed by atoms with Gasteiger partial charge in [-0.3, -0.25) is 4.98 Å². The predicted octanol–water partition coefficient (Wildman–Crippen LogP) is 1.35. The molecule has 0 bridgehead atoms. The Bertz CT molecular complexity index is 400. The summed E-state index contributed by atoms with van der Waals surface area (Å²) < 4.78 is 5.26. The Morgan fingerprint density at radius 1 is 1.53 bits per heavy atom. The summed E-state index contributed by atoms with van der Waals surface area (Å²) in [5.74, 6) is 0.489. The number of aryl methyl sites for hydroxylation is 1. The van der Waals surface area contributed by atoms with Crippen molar-refractivity contribution in [3.63, 3.8) is 0 Å². The number of nitrogens with zero attached hydrogens (tertiary/aromatic N) is 2. The minimum Gasteiger partial charge on any atom is -0.408 e. The summed E-state index contributed by atoms with van der Waals surface area (Å²) in [5, 5.41) is 9.35. The first-order chi connectivity index (χ1) is 8.16. The van der Waals surface area contributed by atoms with E-state index >= 15 is 0 Å². The number of carbonyl (C=O) groups is 1. The van der Waals surface area contributed by atoms with Gasteiger partial charge in [0.05, 0.1) is 11.8 Å². The normalized spacial score (nSPS) is 16.9. The zero-order valence-electron chi connectivity index (χ0n) is 9.80. The summed E-state index contributed by atoms with van der Waals surface area (Å²) in [7, 11) is 0. The number of amides is 1. The number of likely N-dealkylation sites (tertiary alicyclic amines) is 1. The molecular weight excluding hydrogens is 220 g/mol. The van der Waals surface area contributed by atoms with Crippen LogP contribution in [0.1, 0.15) is 18.5 Å². The number of aliphatic hydroxyl groups is 1. The summed E-state index contributed by atoms with van der Waals surface area (Å²) >= 11 is 0.